The van der Waals surface area contributed by atoms with E-state index in [0.717, 1.165) is 0 Å². The summed E-state index contributed by atoms with van der Waals surface area (Å²) in [5.74, 6) is 0.372. The highest BCUT2D eigenvalue weighted by molar-refractivity contribution is 5.78. The van der Waals surface area contributed by atoms with Crippen LogP contribution in [0.3, 0.4) is 0 Å². The summed E-state index contributed by atoms with van der Waals surface area (Å²) in [5, 5.41) is 15.0. The van der Waals surface area contributed by atoms with Gasteiger partial charge in [-0.1, -0.05) is 12.1 Å². The Balaban J connectivity index is 1.59. The van der Waals surface area contributed by atoms with Crippen LogP contribution in [0.1, 0.15) is 11.5 Å². The molecule has 8 nitrogen and oxygen atoms in total. The van der Waals surface area contributed by atoms with Crippen molar-refractivity contribution in [2.45, 2.75) is 6.61 Å². The molecule has 0 spiro atoms. The van der Waals surface area contributed by atoms with Crippen molar-refractivity contribution in [1.29, 1.82) is 5.26 Å². The van der Waals surface area contributed by atoms with Gasteiger partial charge in [0.05, 0.1) is 5.56 Å². The first-order chi connectivity index (χ1) is 12.2. The fourth-order valence-corrected chi connectivity index (χ4v) is 2.34. The summed E-state index contributed by atoms with van der Waals surface area (Å²) in [5.41, 5.74) is 2.17. The third-order valence-corrected chi connectivity index (χ3v) is 3.48. The molecule has 25 heavy (non-hydrogen) atoms. The number of fused-ring (bicyclic) bond motifs is 1. The van der Waals surface area contributed by atoms with Crippen molar-refractivity contribution in [2.24, 2.45) is 0 Å². The van der Waals surface area contributed by atoms with E-state index in [1.807, 2.05) is 0 Å². The summed E-state index contributed by atoms with van der Waals surface area (Å²) in [6.45, 7) is 0.0835. The molecule has 4 aromatic rings. The first-order valence-electron chi connectivity index (χ1n) is 7.30. The van der Waals surface area contributed by atoms with E-state index >= 15 is 0 Å². The van der Waals surface area contributed by atoms with Gasteiger partial charge in [-0.15, -0.1) is 5.10 Å². The van der Waals surface area contributed by atoms with Crippen molar-refractivity contribution in [3.63, 3.8) is 0 Å². The minimum Gasteiger partial charge on any atom is -0.482 e. The van der Waals surface area contributed by atoms with Gasteiger partial charge in [0.25, 0.3) is 0 Å². The predicted molar refractivity (Wildman–Crippen MR) is 85.6 cm³/mol. The molecule has 2 heterocycles. The second-order valence-corrected chi connectivity index (χ2v) is 5.11. The number of hydrogen-bond acceptors (Lipinski definition) is 7. The van der Waals surface area contributed by atoms with Crippen molar-refractivity contribution < 1.29 is 13.6 Å². The molecule has 4 rings (SSSR count). The first kappa shape index (κ1) is 14.7. The van der Waals surface area contributed by atoms with Crippen LogP contribution in [0.2, 0.25) is 0 Å². The molecular formula is C17H10N4O4. The molecule has 0 saturated carbocycles. The number of ether oxygens (including phenoxy) is 1. The Bertz CT molecular complexity index is 1150. The van der Waals surface area contributed by atoms with Crippen LogP contribution < -0.4 is 10.5 Å². The van der Waals surface area contributed by atoms with E-state index in [1.165, 1.54) is 0 Å². The average Bonchev–Trinajstić information content (AvgIpc) is 3.25. The average molecular weight is 334 g/mol. The molecule has 0 amide bonds. The second-order valence-electron chi connectivity index (χ2n) is 5.11. The molecule has 122 valence electrons. The number of nitriles is 1. The number of nitrogens with zero attached hydrogens (tertiary/aromatic N) is 3. The van der Waals surface area contributed by atoms with Crippen LogP contribution in [0.4, 0.5) is 0 Å². The third kappa shape index (κ3) is 2.86. The van der Waals surface area contributed by atoms with Crippen molar-refractivity contribution in [3.8, 4) is 23.3 Å². The van der Waals surface area contributed by atoms with Gasteiger partial charge in [-0.25, -0.2) is 14.9 Å². The topological polar surface area (TPSA) is 118 Å². The van der Waals surface area contributed by atoms with Crippen molar-refractivity contribution in [3.05, 3.63) is 64.5 Å². The van der Waals surface area contributed by atoms with E-state index in [1.54, 1.807) is 42.5 Å². The van der Waals surface area contributed by atoms with E-state index in [-0.39, 0.29) is 12.5 Å². The van der Waals surface area contributed by atoms with Gasteiger partial charge in [-0.2, -0.15) is 5.26 Å². The number of nitrogens with one attached hydrogen (secondary N) is 1. The maximum absolute atomic E-state index is 11.0. The number of H-pyrrole nitrogens is 1. The van der Waals surface area contributed by atoms with Gasteiger partial charge in [0, 0.05) is 5.56 Å². The lowest BCUT2D eigenvalue weighted by atomic mass is 10.2. The molecule has 0 unspecified atom stereocenters. The lowest BCUT2D eigenvalue weighted by Crippen LogP contribution is -1.97. The summed E-state index contributed by atoms with van der Waals surface area (Å²) in [6, 6.07) is 14.1. The molecule has 0 aliphatic heterocycles. The van der Waals surface area contributed by atoms with Gasteiger partial charge in [-0.3, -0.25) is 0 Å². The zero-order valence-electron chi connectivity index (χ0n) is 12.7. The lowest BCUT2D eigenvalue weighted by Gasteiger charge is -2.04. The zero-order valence-corrected chi connectivity index (χ0v) is 12.7. The third-order valence-electron chi connectivity index (χ3n) is 3.48. The maximum Gasteiger partial charge on any atom is 0.434 e. The number of aromatic nitrogens is 3. The van der Waals surface area contributed by atoms with Gasteiger partial charge in [-0.05, 0) is 30.3 Å². The zero-order chi connectivity index (χ0) is 17.2. The number of oxazole rings is 1. The highest BCUT2D eigenvalue weighted by atomic mass is 16.5. The number of benzene rings is 2. The lowest BCUT2D eigenvalue weighted by molar-refractivity contribution is 0.266. The normalized spacial score (nSPS) is 10.7. The molecule has 0 saturated heterocycles. The van der Waals surface area contributed by atoms with Crippen LogP contribution in [-0.4, -0.2) is 15.2 Å². The van der Waals surface area contributed by atoms with E-state index in [4.69, 9.17) is 18.8 Å². The van der Waals surface area contributed by atoms with Crippen LogP contribution in [0.25, 0.3) is 22.6 Å². The Kier molecular flexibility index (Phi) is 3.52. The largest absolute Gasteiger partial charge is 0.482 e. The molecule has 8 heteroatoms. The highest BCUT2D eigenvalue weighted by Gasteiger charge is 2.12. The number of hydrogen-bond donors (Lipinski definition) is 1. The Hall–Kier alpha value is -3.86. The molecule has 0 aliphatic rings. The molecule has 2 aromatic carbocycles. The van der Waals surface area contributed by atoms with E-state index in [9.17, 15) is 4.79 Å². The molecule has 0 radical (unpaired) electrons. The summed E-state index contributed by atoms with van der Waals surface area (Å²) >= 11 is 0. The number of rotatable bonds is 4. The van der Waals surface area contributed by atoms with Crippen LogP contribution in [0.15, 0.2) is 56.1 Å². The van der Waals surface area contributed by atoms with Crippen molar-refractivity contribution >= 4 is 11.1 Å². The number of aromatic amines is 1. The van der Waals surface area contributed by atoms with Crippen molar-refractivity contribution in [1.82, 2.24) is 15.2 Å². The van der Waals surface area contributed by atoms with Gasteiger partial charge in [0.15, 0.2) is 12.2 Å². The van der Waals surface area contributed by atoms with E-state index < -0.39 is 5.76 Å². The van der Waals surface area contributed by atoms with Crippen LogP contribution >= 0.6 is 0 Å². The summed E-state index contributed by atoms with van der Waals surface area (Å²) in [4.78, 5) is 15.4. The molecule has 0 bridgehead atoms. The maximum atomic E-state index is 11.0. The molecule has 1 N–H and O–H groups in total. The Morgan fingerprint density at radius 3 is 2.88 bits per heavy atom. The number of para-hydroxylation sites is 1. The summed E-state index contributed by atoms with van der Waals surface area (Å²) in [7, 11) is 0. The highest BCUT2D eigenvalue weighted by Crippen LogP contribution is 2.24. The Morgan fingerprint density at radius 1 is 1.20 bits per heavy atom. The van der Waals surface area contributed by atoms with Gasteiger partial charge < -0.3 is 13.6 Å². The fraction of sp³-hybridized carbons (Fsp3) is 0.0588. The van der Waals surface area contributed by atoms with Gasteiger partial charge in [0.1, 0.15) is 17.3 Å². The smallest absolute Gasteiger partial charge is 0.434 e. The van der Waals surface area contributed by atoms with Gasteiger partial charge >= 0.3 is 5.76 Å². The molecular weight excluding hydrogens is 324 g/mol. The SMILES string of the molecule is N#Cc1ccccc1OCc1nc2ccc(-c3n[nH]c(=O)o3)cc2o1. The van der Waals surface area contributed by atoms with Crippen LogP contribution in [0.5, 0.6) is 5.75 Å². The van der Waals surface area contributed by atoms with Crippen LogP contribution in [0, 0.1) is 11.3 Å². The van der Waals surface area contributed by atoms with E-state index in [2.05, 4.69) is 21.3 Å². The Labute approximate surface area is 140 Å². The molecule has 0 fully saturated rings. The predicted octanol–water partition coefficient (Wildman–Crippen LogP) is 2.62. The van der Waals surface area contributed by atoms with Crippen molar-refractivity contribution in [2.75, 3.05) is 0 Å². The fourth-order valence-electron chi connectivity index (χ4n) is 2.34. The molecule has 0 atom stereocenters. The minimum atomic E-state index is -0.627. The molecule has 0 aliphatic carbocycles. The van der Waals surface area contributed by atoms with Crippen LogP contribution in [-0.2, 0) is 6.61 Å². The first-order valence-corrected chi connectivity index (χ1v) is 7.30. The van der Waals surface area contributed by atoms with E-state index in [0.29, 0.717) is 33.9 Å². The summed E-state index contributed by atoms with van der Waals surface area (Å²) < 4.78 is 16.2. The Morgan fingerprint density at radius 2 is 2.08 bits per heavy atom. The molecule has 2 aromatic heterocycles. The standard InChI is InChI=1S/C17H10N4O4/c18-8-11-3-1-2-4-13(11)23-9-15-19-12-6-5-10(7-14(12)24-15)16-20-21-17(22)25-16/h1-7H,9H2,(H,21,22). The minimum absolute atomic E-state index is 0.0835. The summed E-state index contributed by atoms with van der Waals surface area (Å²) in [6.07, 6.45) is 0. The second kappa shape index (κ2) is 5.98. The monoisotopic (exact) mass is 334 g/mol. The quantitative estimate of drug-likeness (QED) is 0.609. The van der Waals surface area contributed by atoms with Gasteiger partial charge in [0.2, 0.25) is 11.8 Å².